The van der Waals surface area contributed by atoms with E-state index >= 15 is 0 Å². The van der Waals surface area contributed by atoms with Crippen LogP contribution in [-0.2, 0) is 5.41 Å². The topological polar surface area (TPSA) is 21.3 Å². The third-order valence-electron chi connectivity index (χ3n) is 3.26. The fraction of sp³-hybridized carbons (Fsp3) is 0.600. The van der Waals surface area contributed by atoms with E-state index in [1.807, 2.05) is 12.1 Å². The van der Waals surface area contributed by atoms with Crippen molar-refractivity contribution in [2.24, 2.45) is 0 Å². The van der Waals surface area contributed by atoms with Crippen molar-refractivity contribution in [2.75, 3.05) is 20.2 Å². The lowest BCUT2D eigenvalue weighted by Gasteiger charge is -2.27. The number of nitrogens with one attached hydrogen (secondary N) is 1. The Bertz CT molecular complexity index is 377. The monoisotopic (exact) mass is 269 g/mol. The molecule has 0 saturated heterocycles. The highest BCUT2D eigenvalue weighted by molar-refractivity contribution is 6.31. The summed E-state index contributed by atoms with van der Waals surface area (Å²) in [6.07, 6.45) is 2.24. The molecule has 0 heterocycles. The van der Waals surface area contributed by atoms with E-state index in [2.05, 4.69) is 32.2 Å². The van der Waals surface area contributed by atoms with Crippen molar-refractivity contribution in [3.63, 3.8) is 0 Å². The van der Waals surface area contributed by atoms with Crippen LogP contribution in [0.1, 0.15) is 39.2 Å². The molecule has 0 saturated carbocycles. The molecule has 0 bridgehead atoms. The minimum atomic E-state index is 0.0735. The molecule has 0 aromatic heterocycles. The van der Waals surface area contributed by atoms with Gasteiger partial charge in [0, 0.05) is 5.02 Å². The van der Waals surface area contributed by atoms with Crippen molar-refractivity contribution in [2.45, 2.75) is 39.0 Å². The lowest BCUT2D eigenvalue weighted by molar-refractivity contribution is 0.413. The maximum atomic E-state index is 6.33. The largest absolute Gasteiger partial charge is 0.497 e. The van der Waals surface area contributed by atoms with Crippen LogP contribution in [0.5, 0.6) is 5.75 Å². The van der Waals surface area contributed by atoms with E-state index in [0.29, 0.717) is 0 Å². The van der Waals surface area contributed by atoms with Crippen molar-refractivity contribution in [1.29, 1.82) is 0 Å². The Balaban J connectivity index is 2.71. The van der Waals surface area contributed by atoms with E-state index in [1.165, 1.54) is 12.0 Å². The first-order valence-electron chi connectivity index (χ1n) is 6.56. The fourth-order valence-electron chi connectivity index (χ4n) is 2.01. The van der Waals surface area contributed by atoms with Crippen LogP contribution in [0, 0.1) is 0 Å². The van der Waals surface area contributed by atoms with Gasteiger partial charge in [-0.3, -0.25) is 0 Å². The summed E-state index contributed by atoms with van der Waals surface area (Å²) < 4.78 is 5.18. The van der Waals surface area contributed by atoms with Gasteiger partial charge in [0.1, 0.15) is 5.75 Å². The van der Waals surface area contributed by atoms with E-state index in [0.717, 1.165) is 30.3 Å². The summed E-state index contributed by atoms with van der Waals surface area (Å²) in [5.74, 6) is 0.809. The number of ether oxygens (including phenoxy) is 1. The third kappa shape index (κ3) is 4.18. The Hall–Kier alpha value is -0.730. The summed E-state index contributed by atoms with van der Waals surface area (Å²) in [7, 11) is 1.66. The number of halogens is 1. The average molecular weight is 270 g/mol. The van der Waals surface area contributed by atoms with Crippen LogP contribution in [0.4, 0.5) is 0 Å². The van der Waals surface area contributed by atoms with E-state index in [-0.39, 0.29) is 5.41 Å². The number of benzene rings is 1. The Kier molecular flexibility index (Phi) is 5.97. The zero-order valence-electron chi connectivity index (χ0n) is 11.8. The van der Waals surface area contributed by atoms with Gasteiger partial charge in [-0.05, 0) is 49.0 Å². The molecule has 0 aliphatic heterocycles. The third-order valence-corrected chi connectivity index (χ3v) is 3.57. The molecule has 2 nitrogen and oxygen atoms in total. The van der Waals surface area contributed by atoms with Gasteiger partial charge in [-0.25, -0.2) is 0 Å². The van der Waals surface area contributed by atoms with Crippen LogP contribution in [0.25, 0.3) is 0 Å². The molecule has 0 aliphatic carbocycles. The highest BCUT2D eigenvalue weighted by Crippen LogP contribution is 2.34. The summed E-state index contributed by atoms with van der Waals surface area (Å²) in [5, 5.41) is 4.22. The highest BCUT2D eigenvalue weighted by Gasteiger charge is 2.23. The zero-order valence-corrected chi connectivity index (χ0v) is 12.6. The second kappa shape index (κ2) is 7.01. The average Bonchev–Trinajstić information content (AvgIpc) is 2.34. The molecule has 3 heteroatoms. The van der Waals surface area contributed by atoms with Gasteiger partial charge in [0.25, 0.3) is 0 Å². The summed E-state index contributed by atoms with van der Waals surface area (Å²) in [6, 6.07) is 5.93. The second-order valence-corrected chi connectivity index (χ2v) is 5.64. The van der Waals surface area contributed by atoms with E-state index in [9.17, 15) is 0 Å². The molecule has 0 unspecified atom stereocenters. The van der Waals surface area contributed by atoms with Crippen LogP contribution < -0.4 is 10.1 Å². The smallest absolute Gasteiger partial charge is 0.120 e. The molecular weight excluding hydrogens is 246 g/mol. The first-order valence-corrected chi connectivity index (χ1v) is 6.94. The normalized spacial score (nSPS) is 11.6. The van der Waals surface area contributed by atoms with E-state index in [1.54, 1.807) is 7.11 Å². The Morgan fingerprint density at radius 2 is 2.00 bits per heavy atom. The van der Waals surface area contributed by atoms with Gasteiger partial charge in [0.15, 0.2) is 0 Å². The molecule has 0 aliphatic rings. The summed E-state index contributed by atoms with van der Waals surface area (Å²) in [4.78, 5) is 0. The van der Waals surface area contributed by atoms with Gasteiger partial charge >= 0.3 is 0 Å². The van der Waals surface area contributed by atoms with Crippen molar-refractivity contribution < 1.29 is 4.74 Å². The molecule has 18 heavy (non-hydrogen) atoms. The van der Waals surface area contributed by atoms with E-state index < -0.39 is 0 Å². The molecule has 1 rings (SSSR count). The lowest BCUT2D eigenvalue weighted by atomic mass is 9.81. The maximum Gasteiger partial charge on any atom is 0.120 e. The molecule has 0 atom stereocenters. The van der Waals surface area contributed by atoms with Gasteiger partial charge in [-0.1, -0.05) is 38.4 Å². The summed E-state index contributed by atoms with van der Waals surface area (Å²) in [6.45, 7) is 8.73. The SMILES string of the molecule is CCCNCCC(C)(C)c1ccc(OC)cc1Cl. The Morgan fingerprint density at radius 1 is 1.28 bits per heavy atom. The van der Waals surface area contributed by atoms with Crippen LogP contribution in [0.3, 0.4) is 0 Å². The first kappa shape index (κ1) is 15.3. The van der Waals surface area contributed by atoms with Crippen LogP contribution in [0.2, 0.25) is 5.02 Å². The van der Waals surface area contributed by atoms with Crippen molar-refractivity contribution in [3.8, 4) is 5.75 Å². The molecule has 1 aromatic rings. The second-order valence-electron chi connectivity index (χ2n) is 5.23. The molecule has 0 fully saturated rings. The van der Waals surface area contributed by atoms with Crippen molar-refractivity contribution in [1.82, 2.24) is 5.32 Å². The zero-order chi connectivity index (χ0) is 13.6. The van der Waals surface area contributed by atoms with Gasteiger partial charge in [0.2, 0.25) is 0 Å². The first-order chi connectivity index (χ1) is 8.51. The quantitative estimate of drug-likeness (QED) is 0.755. The Morgan fingerprint density at radius 3 is 2.56 bits per heavy atom. The van der Waals surface area contributed by atoms with Crippen molar-refractivity contribution in [3.05, 3.63) is 28.8 Å². The lowest BCUT2D eigenvalue weighted by Crippen LogP contribution is -2.26. The summed E-state index contributed by atoms with van der Waals surface area (Å²) in [5.41, 5.74) is 1.26. The number of methoxy groups -OCH3 is 1. The highest BCUT2D eigenvalue weighted by atomic mass is 35.5. The fourth-order valence-corrected chi connectivity index (χ4v) is 2.44. The van der Waals surface area contributed by atoms with E-state index in [4.69, 9.17) is 16.3 Å². The molecule has 0 radical (unpaired) electrons. The van der Waals surface area contributed by atoms with Gasteiger partial charge in [-0.2, -0.15) is 0 Å². The Labute approximate surface area is 116 Å². The number of hydrogen-bond acceptors (Lipinski definition) is 2. The standard InChI is InChI=1S/C15H24ClNO/c1-5-9-17-10-8-15(2,3)13-7-6-12(18-4)11-14(13)16/h6-7,11,17H,5,8-10H2,1-4H3. The maximum absolute atomic E-state index is 6.33. The minimum Gasteiger partial charge on any atom is -0.497 e. The minimum absolute atomic E-state index is 0.0735. The predicted molar refractivity (Wildman–Crippen MR) is 78.8 cm³/mol. The number of rotatable bonds is 7. The van der Waals surface area contributed by atoms with Crippen molar-refractivity contribution >= 4 is 11.6 Å². The van der Waals surface area contributed by atoms with Crippen LogP contribution in [0.15, 0.2) is 18.2 Å². The van der Waals surface area contributed by atoms with Gasteiger partial charge < -0.3 is 10.1 Å². The molecule has 0 amide bonds. The van der Waals surface area contributed by atoms with Crippen LogP contribution >= 0.6 is 11.6 Å². The van der Waals surface area contributed by atoms with Gasteiger partial charge in [0.05, 0.1) is 7.11 Å². The summed E-state index contributed by atoms with van der Waals surface area (Å²) >= 11 is 6.33. The molecule has 102 valence electrons. The molecule has 1 N–H and O–H groups in total. The number of hydrogen-bond donors (Lipinski definition) is 1. The van der Waals surface area contributed by atoms with Gasteiger partial charge in [-0.15, -0.1) is 0 Å². The molecule has 0 spiro atoms. The molecular formula is C15H24ClNO. The molecule has 1 aromatic carbocycles. The van der Waals surface area contributed by atoms with Crippen LogP contribution in [-0.4, -0.2) is 20.2 Å². The predicted octanol–water partition coefficient (Wildman–Crippen LogP) is 4.02.